The van der Waals surface area contributed by atoms with Gasteiger partial charge in [0.25, 0.3) is 5.56 Å². The summed E-state index contributed by atoms with van der Waals surface area (Å²) in [5.74, 6) is 0. The summed E-state index contributed by atoms with van der Waals surface area (Å²) < 4.78 is 4.05. The summed E-state index contributed by atoms with van der Waals surface area (Å²) >= 11 is 2.26. The zero-order chi connectivity index (χ0) is 16.6. The zero-order valence-corrected chi connectivity index (χ0v) is 15.2. The minimum atomic E-state index is -0.267. The molecule has 0 aliphatic heterocycles. The fourth-order valence-corrected chi connectivity index (χ4v) is 3.08. The highest BCUT2D eigenvalue weighted by atomic mass is 127. The second kappa shape index (κ2) is 6.31. The average molecular weight is 420 g/mol. The van der Waals surface area contributed by atoms with Crippen LogP contribution in [0.25, 0.3) is 10.9 Å². The van der Waals surface area contributed by atoms with Gasteiger partial charge in [0.1, 0.15) is 0 Å². The first-order valence-corrected chi connectivity index (χ1v) is 8.50. The predicted octanol–water partition coefficient (Wildman–Crippen LogP) is 2.86. The molecule has 0 saturated carbocycles. The monoisotopic (exact) mass is 420 g/mol. The molecule has 3 rings (SSSR count). The fourth-order valence-electron chi connectivity index (χ4n) is 2.72. The molecule has 0 fully saturated rings. The van der Waals surface area contributed by atoms with Crippen LogP contribution in [0.1, 0.15) is 11.1 Å². The van der Waals surface area contributed by atoms with Crippen molar-refractivity contribution in [1.82, 2.24) is 9.13 Å². The van der Waals surface area contributed by atoms with E-state index in [0.29, 0.717) is 23.9 Å². The molecule has 0 radical (unpaired) electrons. The molecule has 0 aliphatic carbocycles. The van der Waals surface area contributed by atoms with Gasteiger partial charge in [-0.25, -0.2) is 4.79 Å². The predicted molar refractivity (Wildman–Crippen MR) is 101 cm³/mol. The van der Waals surface area contributed by atoms with Gasteiger partial charge in [0.2, 0.25) is 0 Å². The highest BCUT2D eigenvalue weighted by molar-refractivity contribution is 14.1. The standard InChI is InChI=1S/C18H17IN2O2/c1-12-3-8-16-15(11-12)17(22)21(18(23)20(16)2)10-9-13-4-6-14(19)7-5-13/h3-8,11H,9-10H2,1-2H3. The molecule has 0 saturated heterocycles. The summed E-state index contributed by atoms with van der Waals surface area (Å²) in [5.41, 5.74) is 2.33. The summed E-state index contributed by atoms with van der Waals surface area (Å²) in [6.45, 7) is 2.33. The number of fused-ring (bicyclic) bond motifs is 1. The molecule has 0 bridgehead atoms. The summed E-state index contributed by atoms with van der Waals surface area (Å²) in [6.07, 6.45) is 0.656. The van der Waals surface area contributed by atoms with Crippen LogP contribution >= 0.6 is 22.6 Å². The fraction of sp³-hybridized carbons (Fsp3) is 0.222. The van der Waals surface area contributed by atoms with Crippen LogP contribution < -0.4 is 11.2 Å². The SMILES string of the molecule is Cc1ccc2c(c1)c(=O)n(CCc1ccc(I)cc1)c(=O)n2C. The zero-order valence-electron chi connectivity index (χ0n) is 13.0. The Bertz CT molecular complexity index is 985. The van der Waals surface area contributed by atoms with E-state index in [4.69, 9.17) is 0 Å². The average Bonchev–Trinajstić information content (AvgIpc) is 2.54. The van der Waals surface area contributed by atoms with Crippen molar-refractivity contribution in [3.63, 3.8) is 0 Å². The lowest BCUT2D eigenvalue weighted by Crippen LogP contribution is -2.39. The van der Waals surface area contributed by atoms with E-state index in [9.17, 15) is 9.59 Å². The lowest BCUT2D eigenvalue weighted by atomic mass is 10.1. The Balaban J connectivity index is 2.05. The maximum atomic E-state index is 12.7. The van der Waals surface area contributed by atoms with Gasteiger partial charge in [0, 0.05) is 17.2 Å². The minimum absolute atomic E-state index is 0.211. The Hall–Kier alpha value is -1.89. The van der Waals surface area contributed by atoms with Crippen molar-refractivity contribution in [2.24, 2.45) is 7.05 Å². The number of nitrogens with zero attached hydrogens (tertiary/aromatic N) is 2. The lowest BCUT2D eigenvalue weighted by Gasteiger charge is -2.11. The van der Waals surface area contributed by atoms with Crippen LogP contribution in [0.3, 0.4) is 0 Å². The third-order valence-electron chi connectivity index (χ3n) is 4.04. The molecular formula is C18H17IN2O2. The molecular weight excluding hydrogens is 403 g/mol. The number of hydrogen-bond donors (Lipinski definition) is 0. The largest absolute Gasteiger partial charge is 0.331 e. The normalized spacial score (nSPS) is 11.1. The molecule has 1 heterocycles. The molecule has 0 N–H and O–H groups in total. The van der Waals surface area contributed by atoms with E-state index in [2.05, 4.69) is 22.6 Å². The Labute approximate surface area is 147 Å². The van der Waals surface area contributed by atoms with Gasteiger partial charge in [-0.1, -0.05) is 23.8 Å². The van der Waals surface area contributed by atoms with Crippen LogP contribution in [0.4, 0.5) is 0 Å². The van der Waals surface area contributed by atoms with Crippen molar-refractivity contribution in [3.8, 4) is 0 Å². The molecule has 118 valence electrons. The van der Waals surface area contributed by atoms with E-state index < -0.39 is 0 Å². The third kappa shape index (κ3) is 3.10. The second-order valence-corrected chi connectivity index (χ2v) is 6.94. The van der Waals surface area contributed by atoms with Crippen LogP contribution in [0.2, 0.25) is 0 Å². The van der Waals surface area contributed by atoms with Crippen LogP contribution in [0.5, 0.6) is 0 Å². The van der Waals surface area contributed by atoms with Crippen molar-refractivity contribution in [3.05, 3.63) is 78.0 Å². The van der Waals surface area contributed by atoms with E-state index in [1.807, 2.05) is 49.4 Å². The minimum Gasteiger partial charge on any atom is -0.296 e. The number of halogens is 1. The van der Waals surface area contributed by atoms with Crippen molar-refractivity contribution in [2.45, 2.75) is 19.9 Å². The van der Waals surface area contributed by atoms with Gasteiger partial charge in [0.15, 0.2) is 0 Å². The van der Waals surface area contributed by atoms with Crippen LogP contribution in [0, 0.1) is 10.5 Å². The molecule has 3 aromatic rings. The van der Waals surface area contributed by atoms with Crippen LogP contribution in [0.15, 0.2) is 52.1 Å². The van der Waals surface area contributed by atoms with E-state index in [1.165, 1.54) is 8.14 Å². The Morgan fingerprint density at radius 3 is 2.43 bits per heavy atom. The first-order chi connectivity index (χ1) is 11.0. The molecule has 23 heavy (non-hydrogen) atoms. The van der Waals surface area contributed by atoms with Gasteiger partial charge in [-0.3, -0.25) is 13.9 Å². The topological polar surface area (TPSA) is 44.0 Å². The summed E-state index contributed by atoms with van der Waals surface area (Å²) in [5, 5.41) is 0.592. The summed E-state index contributed by atoms with van der Waals surface area (Å²) in [7, 11) is 1.71. The smallest absolute Gasteiger partial charge is 0.296 e. The quantitative estimate of drug-likeness (QED) is 0.612. The van der Waals surface area contributed by atoms with Gasteiger partial charge in [0.05, 0.1) is 10.9 Å². The number of hydrogen-bond acceptors (Lipinski definition) is 2. The second-order valence-electron chi connectivity index (χ2n) is 5.70. The molecule has 0 spiro atoms. The highest BCUT2D eigenvalue weighted by Gasteiger charge is 2.11. The molecule has 0 atom stereocenters. The summed E-state index contributed by atoms with van der Waals surface area (Å²) in [6, 6.07) is 13.7. The summed E-state index contributed by atoms with van der Waals surface area (Å²) in [4.78, 5) is 25.2. The Morgan fingerprint density at radius 1 is 1.04 bits per heavy atom. The third-order valence-corrected chi connectivity index (χ3v) is 4.76. The maximum absolute atomic E-state index is 12.7. The number of aromatic nitrogens is 2. The van der Waals surface area contributed by atoms with E-state index in [-0.39, 0.29) is 11.2 Å². The molecule has 4 nitrogen and oxygen atoms in total. The molecule has 0 unspecified atom stereocenters. The first-order valence-electron chi connectivity index (χ1n) is 7.42. The highest BCUT2D eigenvalue weighted by Crippen LogP contribution is 2.11. The molecule has 1 aromatic heterocycles. The van der Waals surface area contributed by atoms with E-state index in [0.717, 1.165) is 11.1 Å². The van der Waals surface area contributed by atoms with Gasteiger partial charge < -0.3 is 0 Å². The number of aryl methyl sites for hydroxylation is 3. The van der Waals surface area contributed by atoms with Crippen LogP contribution in [-0.4, -0.2) is 9.13 Å². The van der Waals surface area contributed by atoms with E-state index in [1.54, 1.807) is 11.6 Å². The van der Waals surface area contributed by atoms with Crippen molar-refractivity contribution < 1.29 is 0 Å². The maximum Gasteiger partial charge on any atom is 0.331 e. The van der Waals surface area contributed by atoms with Crippen molar-refractivity contribution >= 4 is 33.5 Å². The van der Waals surface area contributed by atoms with Gasteiger partial charge in [-0.05, 0) is 65.8 Å². The molecule has 0 amide bonds. The number of benzene rings is 2. The van der Waals surface area contributed by atoms with Gasteiger partial charge in [-0.15, -0.1) is 0 Å². The van der Waals surface area contributed by atoms with E-state index >= 15 is 0 Å². The van der Waals surface area contributed by atoms with Gasteiger partial charge >= 0.3 is 5.69 Å². The molecule has 5 heteroatoms. The van der Waals surface area contributed by atoms with Crippen molar-refractivity contribution in [1.29, 1.82) is 0 Å². The molecule has 0 aliphatic rings. The van der Waals surface area contributed by atoms with Crippen LogP contribution in [-0.2, 0) is 20.0 Å². The number of rotatable bonds is 3. The molecule has 2 aromatic carbocycles. The lowest BCUT2D eigenvalue weighted by molar-refractivity contribution is 0.605. The first kappa shape index (κ1) is 16.0. The Kier molecular flexibility index (Phi) is 4.39. The Morgan fingerprint density at radius 2 is 1.74 bits per heavy atom. The van der Waals surface area contributed by atoms with Crippen molar-refractivity contribution in [2.75, 3.05) is 0 Å². The van der Waals surface area contributed by atoms with Gasteiger partial charge in [-0.2, -0.15) is 0 Å².